The normalized spacial score (nSPS) is 13.1. The van der Waals surface area contributed by atoms with Crippen molar-refractivity contribution in [2.45, 2.75) is 62.9 Å². The Hall–Kier alpha value is -1.75. The van der Waals surface area contributed by atoms with Crippen molar-refractivity contribution in [3.8, 4) is 11.4 Å². The van der Waals surface area contributed by atoms with E-state index in [1.807, 2.05) is 26.8 Å². The highest BCUT2D eigenvalue weighted by molar-refractivity contribution is 7.98. The van der Waals surface area contributed by atoms with E-state index in [1.165, 1.54) is 4.31 Å². The molecule has 2 aromatic heterocycles. The van der Waals surface area contributed by atoms with Crippen molar-refractivity contribution in [2.75, 3.05) is 13.1 Å². The molecule has 0 N–H and O–H groups in total. The number of aromatic nitrogens is 4. The van der Waals surface area contributed by atoms with Crippen LogP contribution in [0.25, 0.3) is 11.4 Å². The fraction of sp³-hybridized carbons (Fsp3) is 0.476. The summed E-state index contributed by atoms with van der Waals surface area (Å²) in [6, 6.07) is 7.18. The lowest BCUT2D eigenvalue weighted by Crippen LogP contribution is -2.30. The zero-order valence-electron chi connectivity index (χ0n) is 18.6. The number of thioether (sulfide) groups is 1. The van der Waals surface area contributed by atoms with Gasteiger partial charge in [-0.15, -0.1) is 21.5 Å². The summed E-state index contributed by atoms with van der Waals surface area (Å²) in [5.41, 5.74) is 1.78. The maximum Gasteiger partial charge on any atom is 0.243 e. The van der Waals surface area contributed by atoms with Crippen LogP contribution in [-0.2, 0) is 15.8 Å². The largest absolute Gasteiger partial charge is 0.299 e. The molecule has 10 heteroatoms. The topological polar surface area (TPSA) is 81.0 Å². The lowest BCUT2D eigenvalue weighted by molar-refractivity contribution is 0.445. The van der Waals surface area contributed by atoms with E-state index in [2.05, 4.69) is 39.0 Å². The predicted molar refractivity (Wildman–Crippen MR) is 127 cm³/mol. The van der Waals surface area contributed by atoms with Gasteiger partial charge in [-0.2, -0.15) is 4.31 Å². The highest BCUT2D eigenvalue weighted by Gasteiger charge is 2.24. The Bertz CT molecular complexity index is 1120. The fourth-order valence-corrected chi connectivity index (χ4v) is 6.42. The molecule has 0 aliphatic heterocycles. The van der Waals surface area contributed by atoms with Crippen LogP contribution < -0.4 is 0 Å². The summed E-state index contributed by atoms with van der Waals surface area (Å²) in [6.45, 7) is 10.8. The van der Waals surface area contributed by atoms with Gasteiger partial charge in [-0.1, -0.05) is 44.7 Å². The van der Waals surface area contributed by atoms with Crippen molar-refractivity contribution >= 4 is 33.1 Å². The molecule has 0 spiro atoms. The van der Waals surface area contributed by atoms with Crippen molar-refractivity contribution in [1.82, 2.24) is 24.1 Å². The first-order valence-electron chi connectivity index (χ1n) is 10.4. The third-order valence-corrected chi connectivity index (χ3v) is 8.99. The molecular weight excluding hydrogens is 450 g/mol. The number of benzene rings is 1. The molecule has 0 fully saturated rings. The molecular formula is C21H29N5O2S3. The van der Waals surface area contributed by atoms with Crippen LogP contribution in [0.5, 0.6) is 0 Å². The average Bonchev–Trinajstić information content (AvgIpc) is 3.38. The van der Waals surface area contributed by atoms with Crippen molar-refractivity contribution < 1.29 is 8.42 Å². The molecule has 0 aliphatic rings. The van der Waals surface area contributed by atoms with Crippen molar-refractivity contribution in [2.24, 2.45) is 0 Å². The summed E-state index contributed by atoms with van der Waals surface area (Å²) in [7, 11) is -3.54. The minimum absolute atomic E-state index is 0.174. The highest BCUT2D eigenvalue weighted by Crippen LogP contribution is 2.32. The number of sulfonamides is 1. The van der Waals surface area contributed by atoms with Gasteiger partial charge in [-0.05, 0) is 32.4 Å². The van der Waals surface area contributed by atoms with E-state index < -0.39 is 10.0 Å². The van der Waals surface area contributed by atoms with Gasteiger partial charge < -0.3 is 0 Å². The van der Waals surface area contributed by atoms with Crippen LogP contribution in [0.2, 0.25) is 0 Å². The number of rotatable bonds is 10. The molecule has 0 radical (unpaired) electrons. The molecule has 7 nitrogen and oxygen atoms in total. The Kier molecular flexibility index (Phi) is 7.90. The average molecular weight is 480 g/mol. The lowest BCUT2D eigenvalue weighted by atomic mass is 10.2. The Labute approximate surface area is 193 Å². The first-order valence-corrected chi connectivity index (χ1v) is 13.7. The molecule has 0 amide bonds. The van der Waals surface area contributed by atoms with Gasteiger partial charge in [0.1, 0.15) is 0 Å². The molecule has 2 heterocycles. The molecule has 0 saturated heterocycles. The van der Waals surface area contributed by atoms with Gasteiger partial charge in [0.2, 0.25) is 10.0 Å². The zero-order valence-corrected chi connectivity index (χ0v) is 21.0. The van der Waals surface area contributed by atoms with E-state index in [4.69, 9.17) is 0 Å². The molecule has 0 bridgehead atoms. The molecule has 1 atom stereocenters. The minimum Gasteiger partial charge on any atom is -0.299 e. The van der Waals surface area contributed by atoms with Gasteiger partial charge in [0.25, 0.3) is 0 Å². The molecule has 168 valence electrons. The van der Waals surface area contributed by atoms with Crippen LogP contribution >= 0.6 is 23.1 Å². The third-order valence-electron chi connectivity index (χ3n) is 5.15. The number of nitrogens with zero attached hydrogens (tertiary/aromatic N) is 5. The van der Waals surface area contributed by atoms with Gasteiger partial charge in [0.15, 0.2) is 11.0 Å². The maximum absolute atomic E-state index is 13.0. The van der Waals surface area contributed by atoms with E-state index in [0.29, 0.717) is 18.9 Å². The van der Waals surface area contributed by atoms with Gasteiger partial charge in [-0.3, -0.25) is 4.57 Å². The third kappa shape index (κ3) is 5.19. The number of thiazole rings is 1. The SMILES string of the molecule is CCC(C)n1c(SCc2csc(C)n2)nnc1-c1cccc(S(=O)(=O)N(CC)CC)c1. The second kappa shape index (κ2) is 10.2. The van der Waals surface area contributed by atoms with Crippen molar-refractivity contribution in [3.05, 3.63) is 40.3 Å². The molecule has 1 aromatic carbocycles. The first kappa shape index (κ1) is 23.9. The van der Waals surface area contributed by atoms with E-state index in [0.717, 1.165) is 33.6 Å². The zero-order chi connectivity index (χ0) is 22.6. The highest BCUT2D eigenvalue weighted by atomic mass is 32.2. The summed E-state index contributed by atoms with van der Waals surface area (Å²) in [4.78, 5) is 4.80. The van der Waals surface area contributed by atoms with E-state index in [1.54, 1.807) is 41.3 Å². The van der Waals surface area contributed by atoms with Crippen LogP contribution in [0.1, 0.15) is 50.9 Å². The Morgan fingerprint density at radius 3 is 2.55 bits per heavy atom. The summed E-state index contributed by atoms with van der Waals surface area (Å²) in [5, 5.41) is 12.8. The first-order chi connectivity index (χ1) is 14.8. The molecule has 31 heavy (non-hydrogen) atoms. The maximum atomic E-state index is 13.0. The predicted octanol–water partition coefficient (Wildman–Crippen LogP) is 5.00. The van der Waals surface area contributed by atoms with Crippen molar-refractivity contribution in [3.63, 3.8) is 0 Å². The second-order valence-corrected chi connectivity index (χ2v) is 11.1. The molecule has 3 rings (SSSR count). The molecule has 0 saturated carbocycles. The van der Waals surface area contributed by atoms with Crippen LogP contribution in [0.3, 0.4) is 0 Å². The molecule has 3 aromatic rings. The summed E-state index contributed by atoms with van der Waals surface area (Å²) in [5.74, 6) is 1.40. The summed E-state index contributed by atoms with van der Waals surface area (Å²) < 4.78 is 29.6. The number of hydrogen-bond donors (Lipinski definition) is 0. The van der Waals surface area contributed by atoms with Crippen LogP contribution in [0, 0.1) is 6.92 Å². The Morgan fingerprint density at radius 1 is 1.19 bits per heavy atom. The Balaban J connectivity index is 1.98. The van der Waals surface area contributed by atoms with Gasteiger partial charge in [-0.25, -0.2) is 13.4 Å². The van der Waals surface area contributed by atoms with Gasteiger partial charge in [0.05, 0.1) is 15.6 Å². The quantitative estimate of drug-likeness (QED) is 0.381. The summed E-state index contributed by atoms with van der Waals surface area (Å²) >= 11 is 3.24. The second-order valence-electron chi connectivity index (χ2n) is 7.20. The Morgan fingerprint density at radius 2 is 1.94 bits per heavy atom. The molecule has 1 unspecified atom stereocenters. The van der Waals surface area contributed by atoms with Gasteiger partial charge >= 0.3 is 0 Å². The van der Waals surface area contributed by atoms with Crippen LogP contribution in [0.4, 0.5) is 0 Å². The fourth-order valence-electron chi connectivity index (χ4n) is 3.27. The minimum atomic E-state index is -3.54. The van der Waals surface area contributed by atoms with Crippen LogP contribution in [0.15, 0.2) is 39.7 Å². The number of aryl methyl sites for hydroxylation is 1. The molecule has 0 aliphatic carbocycles. The standard InChI is InChI=1S/C21H29N5O2S3/c1-6-15(4)26-20(23-24-21(26)30-14-18-13-29-16(5)22-18)17-10-9-11-19(12-17)31(27,28)25(7-2)8-3/h9-13,15H,6-8,14H2,1-5H3. The van der Waals surface area contributed by atoms with E-state index >= 15 is 0 Å². The van der Waals surface area contributed by atoms with Crippen LogP contribution in [-0.4, -0.2) is 45.6 Å². The lowest BCUT2D eigenvalue weighted by Gasteiger charge is -2.19. The van der Waals surface area contributed by atoms with Gasteiger partial charge in [0, 0.05) is 35.8 Å². The van der Waals surface area contributed by atoms with Crippen molar-refractivity contribution in [1.29, 1.82) is 0 Å². The van der Waals surface area contributed by atoms with E-state index in [-0.39, 0.29) is 10.9 Å². The number of hydrogen-bond acceptors (Lipinski definition) is 7. The smallest absolute Gasteiger partial charge is 0.243 e. The van der Waals surface area contributed by atoms with E-state index in [9.17, 15) is 8.42 Å². The summed E-state index contributed by atoms with van der Waals surface area (Å²) in [6.07, 6.45) is 0.909. The monoisotopic (exact) mass is 479 g/mol.